The minimum atomic E-state index is 0.347. The van der Waals surface area contributed by atoms with Gasteiger partial charge in [-0.25, -0.2) is 0 Å². The highest BCUT2D eigenvalue weighted by atomic mass is 127. The summed E-state index contributed by atoms with van der Waals surface area (Å²) in [5.74, 6) is 0. The van der Waals surface area contributed by atoms with Gasteiger partial charge in [0.25, 0.3) is 0 Å². The second-order valence-corrected chi connectivity index (χ2v) is 7.21. The zero-order chi connectivity index (χ0) is 14.7. The van der Waals surface area contributed by atoms with Crippen molar-refractivity contribution in [3.63, 3.8) is 0 Å². The molecule has 1 atom stereocenters. The lowest BCUT2D eigenvalue weighted by atomic mass is 9.84. The smallest absolute Gasteiger partial charge is 0.0204 e. The normalized spacial score (nSPS) is 17.4. The number of rotatable bonds is 6. The Hall–Kier alpha value is -0.870. The first-order valence-electron chi connectivity index (χ1n) is 7.78. The van der Waals surface area contributed by atoms with E-state index in [4.69, 9.17) is 0 Å². The van der Waals surface area contributed by atoms with Crippen molar-refractivity contribution >= 4 is 22.6 Å². The zero-order valence-corrected chi connectivity index (χ0v) is 14.6. The van der Waals surface area contributed by atoms with Crippen molar-refractivity contribution in [2.24, 2.45) is 0 Å². The number of benzene rings is 2. The predicted molar refractivity (Wildman–Crippen MR) is 97.7 cm³/mol. The Morgan fingerprint density at radius 3 is 2.29 bits per heavy atom. The van der Waals surface area contributed by atoms with Gasteiger partial charge in [0.2, 0.25) is 0 Å². The van der Waals surface area contributed by atoms with Crippen LogP contribution in [0.4, 0.5) is 0 Å². The van der Waals surface area contributed by atoms with Gasteiger partial charge < -0.3 is 5.32 Å². The average molecular weight is 391 g/mol. The highest BCUT2D eigenvalue weighted by Gasteiger charge is 2.49. The topological polar surface area (TPSA) is 12.0 Å². The number of hydrogen-bond acceptors (Lipinski definition) is 1. The van der Waals surface area contributed by atoms with Crippen molar-refractivity contribution in [1.82, 2.24) is 5.32 Å². The van der Waals surface area contributed by atoms with Gasteiger partial charge in [-0.05, 0) is 71.7 Å². The van der Waals surface area contributed by atoms with Crippen LogP contribution < -0.4 is 5.32 Å². The third-order valence-corrected chi connectivity index (χ3v) is 5.33. The molecule has 1 aliphatic carbocycles. The maximum atomic E-state index is 3.75. The molecular weight excluding hydrogens is 369 g/mol. The van der Waals surface area contributed by atoms with Crippen LogP contribution in [-0.2, 0) is 11.8 Å². The Labute approximate surface area is 141 Å². The molecule has 2 aromatic carbocycles. The summed E-state index contributed by atoms with van der Waals surface area (Å²) < 4.78 is 1.31. The SMILES string of the molecule is CCNC(Cc1ccc(I)cc1)C1(c2ccccc2)CC1. The van der Waals surface area contributed by atoms with Gasteiger partial charge in [0.15, 0.2) is 0 Å². The molecule has 1 fully saturated rings. The first kappa shape index (κ1) is 15.0. The number of nitrogens with one attached hydrogen (secondary N) is 1. The van der Waals surface area contributed by atoms with Crippen LogP contribution >= 0.6 is 22.6 Å². The van der Waals surface area contributed by atoms with E-state index in [0.717, 1.165) is 13.0 Å². The molecular formula is C19H22IN. The van der Waals surface area contributed by atoms with E-state index in [1.165, 1.54) is 27.5 Å². The molecule has 0 heterocycles. The molecule has 21 heavy (non-hydrogen) atoms. The van der Waals surface area contributed by atoms with E-state index >= 15 is 0 Å². The number of hydrogen-bond donors (Lipinski definition) is 1. The third kappa shape index (κ3) is 3.32. The molecule has 0 radical (unpaired) electrons. The van der Waals surface area contributed by atoms with Crippen LogP contribution in [0.15, 0.2) is 54.6 Å². The second-order valence-electron chi connectivity index (χ2n) is 5.96. The van der Waals surface area contributed by atoms with Crippen LogP contribution in [0.25, 0.3) is 0 Å². The van der Waals surface area contributed by atoms with E-state index in [-0.39, 0.29) is 0 Å². The Bertz CT molecular complexity index is 572. The van der Waals surface area contributed by atoms with Crippen LogP contribution in [-0.4, -0.2) is 12.6 Å². The van der Waals surface area contributed by atoms with E-state index in [0.29, 0.717) is 11.5 Å². The van der Waals surface area contributed by atoms with Crippen LogP contribution in [0.5, 0.6) is 0 Å². The lowest BCUT2D eigenvalue weighted by Crippen LogP contribution is -2.41. The molecule has 2 aromatic rings. The summed E-state index contributed by atoms with van der Waals surface area (Å²) in [5.41, 5.74) is 3.28. The van der Waals surface area contributed by atoms with Gasteiger partial charge in [0.1, 0.15) is 0 Å². The van der Waals surface area contributed by atoms with Crippen LogP contribution in [0.3, 0.4) is 0 Å². The monoisotopic (exact) mass is 391 g/mol. The van der Waals surface area contributed by atoms with Gasteiger partial charge in [-0.1, -0.05) is 49.4 Å². The Morgan fingerprint density at radius 1 is 1.05 bits per heavy atom. The van der Waals surface area contributed by atoms with E-state index in [2.05, 4.69) is 89.4 Å². The molecule has 1 aliphatic rings. The molecule has 2 heteroatoms. The van der Waals surface area contributed by atoms with Gasteiger partial charge in [-0.15, -0.1) is 0 Å². The molecule has 110 valence electrons. The highest BCUT2D eigenvalue weighted by molar-refractivity contribution is 14.1. The zero-order valence-electron chi connectivity index (χ0n) is 12.5. The minimum absolute atomic E-state index is 0.347. The number of likely N-dealkylation sites (N-methyl/N-ethyl adjacent to an activating group) is 1. The molecule has 0 aliphatic heterocycles. The molecule has 1 N–H and O–H groups in total. The predicted octanol–water partition coefficient (Wildman–Crippen LogP) is 4.54. The molecule has 1 unspecified atom stereocenters. The minimum Gasteiger partial charge on any atom is -0.313 e. The molecule has 1 saturated carbocycles. The van der Waals surface area contributed by atoms with E-state index in [9.17, 15) is 0 Å². The summed E-state index contributed by atoms with van der Waals surface area (Å²) >= 11 is 2.37. The third-order valence-electron chi connectivity index (χ3n) is 4.61. The lowest BCUT2D eigenvalue weighted by molar-refractivity contribution is 0.421. The van der Waals surface area contributed by atoms with Crippen LogP contribution in [0.2, 0.25) is 0 Å². The highest BCUT2D eigenvalue weighted by Crippen LogP contribution is 2.51. The molecule has 0 spiro atoms. The van der Waals surface area contributed by atoms with Crippen molar-refractivity contribution in [1.29, 1.82) is 0 Å². The van der Waals surface area contributed by atoms with Crippen molar-refractivity contribution < 1.29 is 0 Å². The maximum absolute atomic E-state index is 3.75. The molecule has 3 rings (SSSR count). The van der Waals surface area contributed by atoms with Crippen molar-refractivity contribution in [2.75, 3.05) is 6.54 Å². The van der Waals surface area contributed by atoms with Crippen molar-refractivity contribution in [3.8, 4) is 0 Å². The summed E-state index contributed by atoms with van der Waals surface area (Å²) in [6.45, 7) is 3.24. The fraction of sp³-hybridized carbons (Fsp3) is 0.368. The van der Waals surface area contributed by atoms with Gasteiger partial charge in [-0.3, -0.25) is 0 Å². The molecule has 0 saturated heterocycles. The molecule has 0 aromatic heterocycles. The summed E-state index contributed by atoms with van der Waals surface area (Å²) in [6.07, 6.45) is 3.72. The first-order valence-corrected chi connectivity index (χ1v) is 8.86. The largest absolute Gasteiger partial charge is 0.313 e. The Morgan fingerprint density at radius 2 is 1.71 bits per heavy atom. The molecule has 0 bridgehead atoms. The van der Waals surface area contributed by atoms with Gasteiger partial charge in [-0.2, -0.15) is 0 Å². The summed E-state index contributed by atoms with van der Waals surface area (Å²) in [6, 6.07) is 20.5. The lowest BCUT2D eigenvalue weighted by Gasteiger charge is -2.28. The van der Waals surface area contributed by atoms with Gasteiger partial charge in [0, 0.05) is 15.0 Å². The Kier molecular flexibility index (Phi) is 4.65. The fourth-order valence-electron chi connectivity index (χ4n) is 3.31. The van der Waals surface area contributed by atoms with Crippen LogP contribution in [0.1, 0.15) is 30.9 Å². The van der Waals surface area contributed by atoms with Crippen LogP contribution in [0, 0.1) is 3.57 Å². The van der Waals surface area contributed by atoms with Gasteiger partial charge in [0.05, 0.1) is 0 Å². The van der Waals surface area contributed by atoms with Crippen molar-refractivity contribution in [3.05, 3.63) is 69.3 Å². The van der Waals surface area contributed by atoms with Gasteiger partial charge >= 0.3 is 0 Å². The summed E-state index contributed by atoms with van der Waals surface area (Å²) in [7, 11) is 0. The van der Waals surface area contributed by atoms with Crippen molar-refractivity contribution in [2.45, 2.75) is 37.6 Å². The van der Waals surface area contributed by atoms with E-state index in [1.807, 2.05) is 0 Å². The van der Waals surface area contributed by atoms with E-state index in [1.54, 1.807) is 0 Å². The number of halogens is 1. The fourth-order valence-corrected chi connectivity index (χ4v) is 3.67. The first-order chi connectivity index (χ1) is 10.2. The summed E-state index contributed by atoms with van der Waals surface area (Å²) in [5, 5.41) is 3.75. The summed E-state index contributed by atoms with van der Waals surface area (Å²) in [4.78, 5) is 0. The molecule has 1 nitrogen and oxygen atoms in total. The standard InChI is InChI=1S/C19H22IN/c1-2-21-18(14-15-8-10-17(20)11-9-15)19(12-13-19)16-6-4-3-5-7-16/h3-11,18,21H,2,12-14H2,1H3. The average Bonchev–Trinajstić information content (AvgIpc) is 3.32. The maximum Gasteiger partial charge on any atom is 0.0204 e. The van der Waals surface area contributed by atoms with E-state index < -0.39 is 0 Å². The Balaban J connectivity index is 1.83. The molecule has 0 amide bonds. The quantitative estimate of drug-likeness (QED) is 0.713. The second kappa shape index (κ2) is 6.49.